The van der Waals surface area contributed by atoms with Gasteiger partial charge in [0.15, 0.2) is 17.3 Å². The van der Waals surface area contributed by atoms with E-state index in [2.05, 4.69) is 18.8 Å². The molecule has 1 unspecified atom stereocenters. The van der Waals surface area contributed by atoms with E-state index in [9.17, 15) is 5.02 Å². The average Bonchev–Trinajstić information content (AvgIpc) is 3.06. The minimum absolute atomic E-state index is 0.0935. The lowest BCUT2D eigenvalue weighted by atomic mass is 9.81. The highest BCUT2D eigenvalue weighted by Gasteiger charge is 2.33. The number of rotatable bonds is 3. The first-order valence-corrected chi connectivity index (χ1v) is 8.99. The van der Waals surface area contributed by atoms with Crippen molar-refractivity contribution in [1.82, 2.24) is 9.97 Å². The third kappa shape index (κ3) is 3.17. The first-order valence-electron chi connectivity index (χ1n) is 8.99. The minimum atomic E-state index is -0.706. The van der Waals surface area contributed by atoms with Gasteiger partial charge in [-0.1, -0.05) is 0 Å². The molecule has 1 aromatic carbocycles. The summed E-state index contributed by atoms with van der Waals surface area (Å²) in [6, 6.07) is 5.80. The molecule has 1 atom stereocenters. The van der Waals surface area contributed by atoms with Gasteiger partial charge >= 0.3 is 7.12 Å². The molecule has 7 heteroatoms. The Morgan fingerprint density at radius 2 is 2.15 bits per heavy atom. The highest BCUT2D eigenvalue weighted by atomic mass is 16.5. The van der Waals surface area contributed by atoms with E-state index in [-0.39, 0.29) is 11.5 Å². The molecule has 3 heterocycles. The zero-order chi connectivity index (χ0) is 18.3. The number of fused-ring (bicyclic) bond motifs is 1. The third-order valence-electron chi connectivity index (χ3n) is 5.11. The molecular weight excluding hydrogens is 331 g/mol. The SMILES string of the molecule is COc1ccc(-c2nccc(C3COB(O)C3)n2)c2c1OC(C)(C)CC2. The van der Waals surface area contributed by atoms with Gasteiger partial charge in [0, 0.05) is 35.5 Å². The van der Waals surface area contributed by atoms with Gasteiger partial charge in [-0.15, -0.1) is 0 Å². The van der Waals surface area contributed by atoms with Crippen LogP contribution in [0, 0.1) is 0 Å². The molecule has 0 amide bonds. The van der Waals surface area contributed by atoms with Crippen LogP contribution in [0.1, 0.15) is 37.4 Å². The van der Waals surface area contributed by atoms with Crippen LogP contribution in [0.2, 0.25) is 6.32 Å². The summed E-state index contributed by atoms with van der Waals surface area (Å²) in [5.41, 5.74) is 2.73. The van der Waals surface area contributed by atoms with E-state index in [1.807, 2.05) is 18.2 Å². The Morgan fingerprint density at radius 1 is 1.31 bits per heavy atom. The van der Waals surface area contributed by atoms with Crippen molar-refractivity contribution < 1.29 is 19.2 Å². The van der Waals surface area contributed by atoms with Crippen LogP contribution in [-0.2, 0) is 11.1 Å². The van der Waals surface area contributed by atoms with E-state index >= 15 is 0 Å². The van der Waals surface area contributed by atoms with E-state index < -0.39 is 7.12 Å². The van der Waals surface area contributed by atoms with Crippen LogP contribution < -0.4 is 9.47 Å². The molecule has 0 radical (unpaired) electrons. The molecule has 1 N–H and O–H groups in total. The summed E-state index contributed by atoms with van der Waals surface area (Å²) >= 11 is 0. The lowest BCUT2D eigenvalue weighted by Gasteiger charge is -2.34. The van der Waals surface area contributed by atoms with E-state index in [1.165, 1.54) is 0 Å². The maximum atomic E-state index is 9.62. The molecule has 0 aliphatic carbocycles. The van der Waals surface area contributed by atoms with E-state index in [1.54, 1.807) is 13.3 Å². The predicted molar refractivity (Wildman–Crippen MR) is 98.5 cm³/mol. The lowest BCUT2D eigenvalue weighted by Crippen LogP contribution is -2.33. The van der Waals surface area contributed by atoms with Crippen molar-refractivity contribution in [3.05, 3.63) is 35.7 Å². The number of methoxy groups -OCH3 is 1. The Labute approximate surface area is 153 Å². The number of hydrogen-bond donors (Lipinski definition) is 1. The van der Waals surface area contributed by atoms with Gasteiger partial charge in [0.25, 0.3) is 0 Å². The largest absolute Gasteiger partial charge is 0.493 e. The van der Waals surface area contributed by atoms with Crippen molar-refractivity contribution in [2.75, 3.05) is 13.7 Å². The van der Waals surface area contributed by atoms with Crippen LogP contribution in [0.3, 0.4) is 0 Å². The predicted octanol–water partition coefficient (Wildman–Crippen LogP) is 2.85. The third-order valence-corrected chi connectivity index (χ3v) is 5.11. The quantitative estimate of drug-likeness (QED) is 0.855. The number of aromatic nitrogens is 2. The minimum Gasteiger partial charge on any atom is -0.493 e. The maximum absolute atomic E-state index is 9.62. The summed E-state index contributed by atoms with van der Waals surface area (Å²) in [6.07, 6.45) is 4.14. The lowest BCUT2D eigenvalue weighted by molar-refractivity contribution is 0.0806. The standard InChI is InChI=1S/C19H23BN2O4/c1-19(2)8-6-13-14(4-5-16(24-3)17(13)26-19)18-21-9-7-15(22-18)12-10-20(23)25-11-12/h4-5,7,9,12,23H,6,8,10-11H2,1-3H3. The van der Waals surface area contributed by atoms with Crippen molar-refractivity contribution in [2.24, 2.45) is 0 Å². The molecule has 1 aromatic heterocycles. The second-order valence-electron chi connectivity index (χ2n) is 7.51. The fourth-order valence-corrected chi connectivity index (χ4v) is 3.63. The van der Waals surface area contributed by atoms with Gasteiger partial charge in [0.2, 0.25) is 0 Å². The molecule has 6 nitrogen and oxygen atoms in total. The highest BCUT2D eigenvalue weighted by molar-refractivity contribution is 6.43. The number of ether oxygens (including phenoxy) is 2. The van der Waals surface area contributed by atoms with Crippen molar-refractivity contribution in [3.63, 3.8) is 0 Å². The molecule has 2 aromatic rings. The topological polar surface area (TPSA) is 73.7 Å². The summed E-state index contributed by atoms with van der Waals surface area (Å²) in [4.78, 5) is 9.25. The molecule has 0 saturated carbocycles. The number of hydrogen-bond acceptors (Lipinski definition) is 6. The first-order chi connectivity index (χ1) is 12.5. The van der Waals surface area contributed by atoms with Gasteiger partial charge in [-0.3, -0.25) is 0 Å². The van der Waals surface area contributed by atoms with Crippen molar-refractivity contribution in [3.8, 4) is 22.9 Å². The van der Waals surface area contributed by atoms with Crippen LogP contribution >= 0.6 is 0 Å². The Balaban J connectivity index is 1.75. The zero-order valence-corrected chi connectivity index (χ0v) is 15.4. The van der Waals surface area contributed by atoms with Crippen molar-refractivity contribution in [2.45, 2.75) is 44.5 Å². The highest BCUT2D eigenvalue weighted by Crippen LogP contribution is 2.44. The smallest absolute Gasteiger partial charge is 0.454 e. The molecule has 4 rings (SSSR count). The molecule has 0 bridgehead atoms. The number of nitrogens with zero attached hydrogens (tertiary/aromatic N) is 2. The Bertz CT molecular complexity index is 827. The summed E-state index contributed by atoms with van der Waals surface area (Å²) in [7, 11) is 0.950. The van der Waals surface area contributed by atoms with Gasteiger partial charge in [-0.2, -0.15) is 0 Å². The molecule has 2 aliphatic heterocycles. The Morgan fingerprint density at radius 3 is 2.88 bits per heavy atom. The molecule has 136 valence electrons. The van der Waals surface area contributed by atoms with Crippen LogP contribution in [0.4, 0.5) is 0 Å². The Hall–Kier alpha value is -2.12. The normalized spacial score (nSPS) is 21.2. The van der Waals surface area contributed by atoms with Gasteiger partial charge in [-0.05, 0) is 51.2 Å². The van der Waals surface area contributed by atoms with Crippen LogP contribution in [0.5, 0.6) is 11.5 Å². The second kappa shape index (κ2) is 6.56. The summed E-state index contributed by atoms with van der Waals surface area (Å²) in [6.45, 7) is 4.66. The zero-order valence-electron chi connectivity index (χ0n) is 15.4. The van der Waals surface area contributed by atoms with E-state index in [0.29, 0.717) is 18.8 Å². The fourth-order valence-electron chi connectivity index (χ4n) is 3.63. The number of benzene rings is 1. The van der Waals surface area contributed by atoms with E-state index in [0.717, 1.165) is 41.2 Å². The average molecular weight is 354 g/mol. The van der Waals surface area contributed by atoms with E-state index in [4.69, 9.17) is 19.1 Å². The molecule has 1 fully saturated rings. The van der Waals surface area contributed by atoms with Gasteiger partial charge in [0.05, 0.1) is 7.11 Å². The van der Waals surface area contributed by atoms with Crippen LogP contribution in [0.15, 0.2) is 24.4 Å². The van der Waals surface area contributed by atoms with Gasteiger partial charge in [-0.25, -0.2) is 9.97 Å². The summed E-state index contributed by atoms with van der Waals surface area (Å²) in [5, 5.41) is 9.62. The molecule has 2 aliphatic rings. The Kier molecular flexibility index (Phi) is 4.36. The van der Waals surface area contributed by atoms with Crippen LogP contribution in [0.25, 0.3) is 11.4 Å². The van der Waals surface area contributed by atoms with Crippen molar-refractivity contribution >= 4 is 7.12 Å². The monoisotopic (exact) mass is 354 g/mol. The molecule has 26 heavy (non-hydrogen) atoms. The first kappa shape index (κ1) is 17.3. The van der Waals surface area contributed by atoms with Crippen LogP contribution in [-0.4, -0.2) is 41.4 Å². The summed E-state index contributed by atoms with van der Waals surface area (Å²) < 4.78 is 17.0. The molecule has 0 spiro atoms. The van der Waals surface area contributed by atoms with Gasteiger partial charge < -0.3 is 19.2 Å². The maximum Gasteiger partial charge on any atom is 0.454 e. The van der Waals surface area contributed by atoms with Crippen molar-refractivity contribution in [1.29, 1.82) is 0 Å². The fraction of sp³-hybridized carbons (Fsp3) is 0.474. The second-order valence-corrected chi connectivity index (χ2v) is 7.51. The molecular formula is C19H23BN2O4. The van der Waals surface area contributed by atoms with Gasteiger partial charge in [0.1, 0.15) is 5.60 Å². The molecule has 1 saturated heterocycles. The summed E-state index contributed by atoms with van der Waals surface area (Å²) in [5.74, 6) is 2.29.